The lowest BCUT2D eigenvalue weighted by molar-refractivity contribution is 0.778. The van der Waals surface area contributed by atoms with E-state index in [1.807, 2.05) is 18.5 Å². The molecule has 148 valence electrons. The molecule has 0 aliphatic heterocycles. The van der Waals surface area contributed by atoms with Crippen molar-refractivity contribution in [3.8, 4) is 0 Å². The summed E-state index contributed by atoms with van der Waals surface area (Å²) >= 11 is 0. The first-order chi connectivity index (χ1) is 14.7. The summed E-state index contributed by atoms with van der Waals surface area (Å²) < 4.78 is 0. The van der Waals surface area contributed by atoms with Gasteiger partial charge in [0.2, 0.25) is 0 Å². The van der Waals surface area contributed by atoms with E-state index >= 15 is 0 Å². The summed E-state index contributed by atoms with van der Waals surface area (Å²) in [6.07, 6.45) is 3.86. The van der Waals surface area contributed by atoms with Crippen LogP contribution in [0.5, 0.6) is 0 Å². The van der Waals surface area contributed by atoms with Crippen LogP contribution in [0.3, 0.4) is 0 Å². The van der Waals surface area contributed by atoms with Gasteiger partial charge in [-0.15, -0.1) is 0 Å². The molecule has 1 heterocycles. The van der Waals surface area contributed by atoms with Gasteiger partial charge in [0.1, 0.15) is 0 Å². The number of aromatic nitrogens is 1. The molecule has 1 aromatic heterocycles. The molecule has 30 heavy (non-hydrogen) atoms. The van der Waals surface area contributed by atoms with Gasteiger partial charge in [-0.25, -0.2) is 0 Å². The number of pyridine rings is 1. The Morgan fingerprint density at radius 1 is 0.767 bits per heavy atom. The van der Waals surface area contributed by atoms with E-state index in [9.17, 15) is 0 Å². The Kier molecular flexibility index (Phi) is 6.47. The van der Waals surface area contributed by atoms with Gasteiger partial charge in [0.15, 0.2) is 0 Å². The summed E-state index contributed by atoms with van der Waals surface area (Å²) in [6, 6.07) is 34.2. The molecule has 1 unspecified atom stereocenters. The number of aliphatic imine (C=N–C) groups is 1. The Hall–Kier alpha value is -3.09. The summed E-state index contributed by atoms with van der Waals surface area (Å²) in [5.41, 5.74) is 3.36. The fraction of sp³-hybridized carbons (Fsp3) is 0.111. The van der Waals surface area contributed by atoms with Gasteiger partial charge in [0.05, 0.1) is 11.7 Å². The SMILES string of the molecule is Cc1cccnc1C(C)N=Cc1ccccc1P(c1ccccc1)c1ccccc1. The van der Waals surface area contributed by atoms with Gasteiger partial charge >= 0.3 is 0 Å². The molecular weight excluding hydrogens is 383 g/mol. The standard InChI is InChI=1S/C27H25N2P/c1-21-12-11-19-28-27(21)22(2)29-20-23-13-9-10-18-26(23)30(24-14-5-3-6-15-24)25-16-7-4-8-17-25/h3-20,22H,1-2H3. The largest absolute Gasteiger partial charge is 0.283 e. The van der Waals surface area contributed by atoms with E-state index in [2.05, 4.69) is 110 Å². The van der Waals surface area contributed by atoms with Gasteiger partial charge in [-0.1, -0.05) is 91.0 Å². The first-order valence-corrected chi connectivity index (χ1v) is 11.5. The zero-order valence-corrected chi connectivity index (χ0v) is 18.2. The van der Waals surface area contributed by atoms with Gasteiger partial charge in [-0.2, -0.15) is 0 Å². The number of aryl methyl sites for hydroxylation is 1. The molecule has 0 spiro atoms. The third kappa shape index (κ3) is 4.56. The number of benzene rings is 3. The summed E-state index contributed by atoms with van der Waals surface area (Å²) in [7, 11) is -0.665. The van der Waals surface area contributed by atoms with Gasteiger partial charge in [-0.3, -0.25) is 9.98 Å². The van der Waals surface area contributed by atoms with E-state index < -0.39 is 7.92 Å². The minimum Gasteiger partial charge on any atom is -0.283 e. The lowest BCUT2D eigenvalue weighted by Crippen LogP contribution is -2.23. The highest BCUT2D eigenvalue weighted by Crippen LogP contribution is 2.33. The monoisotopic (exact) mass is 408 g/mol. The van der Waals surface area contributed by atoms with Crippen LogP contribution >= 0.6 is 7.92 Å². The van der Waals surface area contributed by atoms with Crippen molar-refractivity contribution in [3.05, 3.63) is 120 Å². The van der Waals surface area contributed by atoms with E-state index in [4.69, 9.17) is 4.99 Å². The molecule has 0 amide bonds. The van der Waals surface area contributed by atoms with Crippen molar-refractivity contribution >= 4 is 30.0 Å². The molecule has 1 atom stereocenters. The summed E-state index contributed by atoms with van der Waals surface area (Å²) in [5, 5.41) is 4.00. The maximum atomic E-state index is 4.88. The van der Waals surface area contributed by atoms with Crippen LogP contribution in [0.1, 0.15) is 29.8 Å². The molecule has 0 bridgehead atoms. The summed E-state index contributed by atoms with van der Waals surface area (Å²) in [5.74, 6) is 0. The maximum absolute atomic E-state index is 4.88. The van der Waals surface area contributed by atoms with Gasteiger partial charge in [-0.05, 0) is 49.3 Å². The Labute approximate surface area is 180 Å². The van der Waals surface area contributed by atoms with Crippen LogP contribution in [0.4, 0.5) is 0 Å². The van der Waals surface area contributed by atoms with E-state index in [-0.39, 0.29) is 6.04 Å². The zero-order valence-electron chi connectivity index (χ0n) is 17.3. The highest BCUT2D eigenvalue weighted by Gasteiger charge is 2.18. The van der Waals surface area contributed by atoms with Crippen molar-refractivity contribution in [3.63, 3.8) is 0 Å². The van der Waals surface area contributed by atoms with Crippen LogP contribution in [-0.4, -0.2) is 11.2 Å². The number of hydrogen-bond acceptors (Lipinski definition) is 2. The van der Waals surface area contributed by atoms with E-state index in [0.29, 0.717) is 0 Å². The minimum absolute atomic E-state index is 0.0129. The molecule has 0 radical (unpaired) electrons. The van der Waals surface area contributed by atoms with Gasteiger partial charge in [0, 0.05) is 18.0 Å². The Morgan fingerprint density at radius 3 is 2.00 bits per heavy atom. The second kappa shape index (κ2) is 9.61. The molecule has 0 aliphatic carbocycles. The Morgan fingerprint density at radius 2 is 1.37 bits per heavy atom. The van der Waals surface area contributed by atoms with Crippen LogP contribution in [0.2, 0.25) is 0 Å². The Balaban J connectivity index is 1.75. The molecular formula is C27H25N2P. The van der Waals surface area contributed by atoms with Crippen molar-refractivity contribution in [2.45, 2.75) is 19.9 Å². The number of rotatable bonds is 6. The van der Waals surface area contributed by atoms with Crippen molar-refractivity contribution in [1.29, 1.82) is 0 Å². The average molecular weight is 408 g/mol. The molecule has 2 nitrogen and oxygen atoms in total. The lowest BCUT2D eigenvalue weighted by Gasteiger charge is -2.21. The predicted molar refractivity (Wildman–Crippen MR) is 130 cm³/mol. The third-order valence-electron chi connectivity index (χ3n) is 5.09. The highest BCUT2D eigenvalue weighted by atomic mass is 31.1. The smallest absolute Gasteiger partial charge is 0.0894 e. The second-order valence-electron chi connectivity index (χ2n) is 7.23. The van der Waals surface area contributed by atoms with Crippen LogP contribution in [0.25, 0.3) is 0 Å². The van der Waals surface area contributed by atoms with E-state index in [0.717, 1.165) is 11.3 Å². The van der Waals surface area contributed by atoms with E-state index in [1.165, 1.54) is 21.5 Å². The molecule has 0 fully saturated rings. The fourth-order valence-corrected chi connectivity index (χ4v) is 6.00. The van der Waals surface area contributed by atoms with E-state index in [1.54, 1.807) is 0 Å². The molecule has 4 aromatic rings. The zero-order chi connectivity index (χ0) is 20.8. The molecule has 3 heteroatoms. The van der Waals surface area contributed by atoms with Gasteiger partial charge < -0.3 is 0 Å². The van der Waals surface area contributed by atoms with Gasteiger partial charge in [0.25, 0.3) is 0 Å². The summed E-state index contributed by atoms with van der Waals surface area (Å²) in [4.78, 5) is 9.41. The maximum Gasteiger partial charge on any atom is 0.0894 e. The van der Waals surface area contributed by atoms with Crippen LogP contribution < -0.4 is 15.9 Å². The highest BCUT2D eigenvalue weighted by molar-refractivity contribution is 7.80. The summed E-state index contributed by atoms with van der Waals surface area (Å²) in [6.45, 7) is 4.19. The van der Waals surface area contributed by atoms with Crippen LogP contribution in [0.15, 0.2) is 108 Å². The fourth-order valence-electron chi connectivity index (χ4n) is 3.58. The van der Waals surface area contributed by atoms with Crippen LogP contribution in [0, 0.1) is 6.92 Å². The average Bonchev–Trinajstić information content (AvgIpc) is 2.80. The van der Waals surface area contributed by atoms with Crippen LogP contribution in [-0.2, 0) is 0 Å². The quantitative estimate of drug-likeness (QED) is 0.313. The number of nitrogens with zero attached hydrogens (tertiary/aromatic N) is 2. The van der Waals surface area contributed by atoms with Crippen molar-refractivity contribution in [1.82, 2.24) is 4.98 Å². The Bertz CT molecular complexity index is 1080. The molecule has 0 saturated heterocycles. The van der Waals surface area contributed by atoms with Crippen molar-refractivity contribution in [2.24, 2.45) is 4.99 Å². The predicted octanol–water partition coefficient (Wildman–Crippen LogP) is 5.33. The first kappa shape index (κ1) is 20.2. The molecule has 0 N–H and O–H groups in total. The third-order valence-corrected chi connectivity index (χ3v) is 7.61. The van der Waals surface area contributed by atoms with Crippen molar-refractivity contribution in [2.75, 3.05) is 0 Å². The lowest BCUT2D eigenvalue weighted by atomic mass is 10.1. The topological polar surface area (TPSA) is 25.2 Å². The number of hydrogen-bond donors (Lipinski definition) is 0. The molecule has 0 aliphatic rings. The van der Waals surface area contributed by atoms with Crippen molar-refractivity contribution < 1.29 is 0 Å². The second-order valence-corrected chi connectivity index (χ2v) is 9.41. The molecule has 0 saturated carbocycles. The normalized spacial score (nSPS) is 12.4. The minimum atomic E-state index is -0.665. The molecule has 3 aromatic carbocycles. The first-order valence-electron chi connectivity index (χ1n) is 10.2. The molecule has 4 rings (SSSR count).